The molecular weight excluding hydrogens is 196 g/mol. The molecule has 0 spiro atoms. The minimum atomic E-state index is 0.752. The lowest BCUT2D eigenvalue weighted by Gasteiger charge is -2.35. The lowest BCUT2D eigenvalue weighted by Crippen LogP contribution is -2.41. The van der Waals surface area contributed by atoms with Crippen LogP contribution in [0, 0.1) is 11.8 Å². The summed E-state index contributed by atoms with van der Waals surface area (Å²) in [5, 5.41) is 3.54. The van der Waals surface area contributed by atoms with Crippen LogP contribution in [0.5, 0.6) is 0 Å². The first-order valence-electron chi connectivity index (χ1n) is 7.04. The van der Waals surface area contributed by atoms with Gasteiger partial charge >= 0.3 is 0 Å². The van der Waals surface area contributed by atoms with Crippen molar-refractivity contribution in [2.45, 2.75) is 53.0 Å². The Labute approximate surface area is 102 Å². The molecule has 2 heteroatoms. The van der Waals surface area contributed by atoms with Gasteiger partial charge in [0, 0.05) is 12.6 Å². The summed E-state index contributed by atoms with van der Waals surface area (Å²) in [7, 11) is 0. The van der Waals surface area contributed by atoms with Crippen LogP contribution in [-0.4, -0.2) is 37.1 Å². The summed E-state index contributed by atoms with van der Waals surface area (Å²) >= 11 is 0. The summed E-state index contributed by atoms with van der Waals surface area (Å²) in [4.78, 5) is 2.67. The Morgan fingerprint density at radius 1 is 1.31 bits per heavy atom. The molecule has 2 nitrogen and oxygen atoms in total. The first kappa shape index (κ1) is 14.0. The third-order valence-electron chi connectivity index (χ3n) is 3.60. The molecule has 1 fully saturated rings. The zero-order chi connectivity index (χ0) is 12.0. The predicted octanol–water partition coefficient (Wildman–Crippen LogP) is 2.74. The van der Waals surface area contributed by atoms with Crippen LogP contribution in [0.3, 0.4) is 0 Å². The average molecular weight is 226 g/mol. The van der Waals surface area contributed by atoms with Gasteiger partial charge in [0.05, 0.1) is 0 Å². The van der Waals surface area contributed by atoms with E-state index >= 15 is 0 Å². The highest BCUT2D eigenvalue weighted by Crippen LogP contribution is 2.18. The second-order valence-corrected chi connectivity index (χ2v) is 5.98. The monoisotopic (exact) mass is 226 g/mol. The molecular formula is C14H30N2. The third-order valence-corrected chi connectivity index (χ3v) is 3.60. The fourth-order valence-electron chi connectivity index (χ4n) is 2.51. The highest BCUT2D eigenvalue weighted by molar-refractivity contribution is 4.75. The summed E-state index contributed by atoms with van der Waals surface area (Å²) in [6, 6.07) is 0.752. The quantitative estimate of drug-likeness (QED) is 0.701. The molecule has 1 N–H and O–H groups in total. The van der Waals surface area contributed by atoms with Gasteiger partial charge in [-0.1, -0.05) is 20.8 Å². The fraction of sp³-hybridized carbons (Fsp3) is 1.00. The largest absolute Gasteiger partial charge is 0.316 e. The Kier molecular flexibility index (Phi) is 6.37. The summed E-state index contributed by atoms with van der Waals surface area (Å²) in [6.45, 7) is 14.3. The predicted molar refractivity (Wildman–Crippen MR) is 71.8 cm³/mol. The van der Waals surface area contributed by atoms with Crippen LogP contribution < -0.4 is 5.32 Å². The maximum absolute atomic E-state index is 3.54. The fourth-order valence-corrected chi connectivity index (χ4v) is 2.51. The van der Waals surface area contributed by atoms with Crippen molar-refractivity contribution in [2.24, 2.45) is 11.8 Å². The molecule has 1 heterocycles. The smallest absolute Gasteiger partial charge is 0.00791 e. The van der Waals surface area contributed by atoms with Crippen LogP contribution in [-0.2, 0) is 0 Å². The van der Waals surface area contributed by atoms with Gasteiger partial charge in [-0.15, -0.1) is 0 Å². The first-order valence-corrected chi connectivity index (χ1v) is 7.04. The van der Waals surface area contributed by atoms with Gasteiger partial charge < -0.3 is 10.2 Å². The molecule has 1 aliphatic rings. The van der Waals surface area contributed by atoms with Gasteiger partial charge in [-0.05, 0) is 57.7 Å². The maximum atomic E-state index is 3.54. The average Bonchev–Trinajstić information content (AvgIpc) is 2.24. The van der Waals surface area contributed by atoms with E-state index in [-0.39, 0.29) is 0 Å². The number of piperidine rings is 1. The molecule has 0 aromatic heterocycles. The second-order valence-electron chi connectivity index (χ2n) is 5.98. The van der Waals surface area contributed by atoms with E-state index in [1.807, 2.05) is 0 Å². The minimum absolute atomic E-state index is 0.752. The number of nitrogens with one attached hydrogen (secondary N) is 1. The zero-order valence-electron chi connectivity index (χ0n) is 11.6. The zero-order valence-corrected chi connectivity index (χ0v) is 11.6. The van der Waals surface area contributed by atoms with Crippen LogP contribution in [0.25, 0.3) is 0 Å². The molecule has 0 amide bonds. The highest BCUT2D eigenvalue weighted by Gasteiger charge is 2.20. The van der Waals surface area contributed by atoms with E-state index in [9.17, 15) is 0 Å². The lowest BCUT2D eigenvalue weighted by atomic mass is 9.98. The van der Waals surface area contributed by atoms with E-state index in [1.54, 1.807) is 0 Å². The summed E-state index contributed by atoms with van der Waals surface area (Å²) in [6.07, 6.45) is 4.11. The van der Waals surface area contributed by atoms with Gasteiger partial charge in [-0.25, -0.2) is 0 Å². The van der Waals surface area contributed by atoms with Gasteiger partial charge in [0.25, 0.3) is 0 Å². The molecule has 0 bridgehead atoms. The van der Waals surface area contributed by atoms with Crippen molar-refractivity contribution in [3.8, 4) is 0 Å². The Bertz CT molecular complexity index is 180. The molecule has 0 saturated carbocycles. The molecule has 1 aliphatic heterocycles. The normalized spacial score (nSPS) is 24.9. The first-order chi connectivity index (χ1) is 7.59. The Morgan fingerprint density at radius 2 is 2.06 bits per heavy atom. The van der Waals surface area contributed by atoms with E-state index < -0.39 is 0 Å². The van der Waals surface area contributed by atoms with E-state index in [2.05, 4.69) is 37.9 Å². The summed E-state index contributed by atoms with van der Waals surface area (Å²) < 4.78 is 0. The van der Waals surface area contributed by atoms with Crippen LogP contribution in [0.4, 0.5) is 0 Å². The van der Waals surface area contributed by atoms with E-state index in [0.29, 0.717) is 0 Å². The summed E-state index contributed by atoms with van der Waals surface area (Å²) in [5.41, 5.74) is 0. The Balaban J connectivity index is 2.11. The van der Waals surface area contributed by atoms with Crippen LogP contribution in [0.2, 0.25) is 0 Å². The SMILES string of the molecule is CC(C)CNCCC(C)N1CCCC(C)C1. The Morgan fingerprint density at radius 3 is 2.69 bits per heavy atom. The summed E-state index contributed by atoms with van der Waals surface area (Å²) in [5.74, 6) is 1.67. The van der Waals surface area contributed by atoms with Crippen molar-refractivity contribution >= 4 is 0 Å². The molecule has 16 heavy (non-hydrogen) atoms. The molecule has 1 rings (SSSR count). The third kappa shape index (κ3) is 5.31. The molecule has 0 aromatic rings. The number of nitrogens with zero attached hydrogens (tertiary/aromatic N) is 1. The van der Waals surface area contributed by atoms with Crippen molar-refractivity contribution in [1.29, 1.82) is 0 Å². The highest BCUT2D eigenvalue weighted by atomic mass is 15.2. The van der Waals surface area contributed by atoms with E-state index in [1.165, 1.54) is 38.9 Å². The molecule has 0 aliphatic carbocycles. The van der Waals surface area contributed by atoms with Crippen molar-refractivity contribution in [3.05, 3.63) is 0 Å². The van der Waals surface area contributed by atoms with Crippen LogP contribution in [0.15, 0.2) is 0 Å². The standard InChI is InChI=1S/C14H30N2/c1-12(2)10-15-8-7-14(4)16-9-5-6-13(3)11-16/h12-15H,5-11H2,1-4H3. The topological polar surface area (TPSA) is 15.3 Å². The van der Waals surface area contributed by atoms with Crippen LogP contribution in [0.1, 0.15) is 47.0 Å². The Hall–Kier alpha value is -0.0800. The number of rotatable bonds is 6. The van der Waals surface area contributed by atoms with E-state index in [0.717, 1.165) is 24.4 Å². The van der Waals surface area contributed by atoms with Crippen molar-refractivity contribution in [2.75, 3.05) is 26.2 Å². The molecule has 0 aromatic carbocycles. The van der Waals surface area contributed by atoms with Gasteiger partial charge in [-0.2, -0.15) is 0 Å². The second kappa shape index (κ2) is 7.29. The van der Waals surface area contributed by atoms with Crippen LogP contribution >= 0.6 is 0 Å². The number of likely N-dealkylation sites (tertiary alicyclic amines) is 1. The molecule has 2 unspecified atom stereocenters. The van der Waals surface area contributed by atoms with Gasteiger partial charge in [0.15, 0.2) is 0 Å². The molecule has 0 radical (unpaired) electrons. The van der Waals surface area contributed by atoms with Crippen molar-refractivity contribution < 1.29 is 0 Å². The van der Waals surface area contributed by atoms with Gasteiger partial charge in [0.2, 0.25) is 0 Å². The number of hydrogen-bond acceptors (Lipinski definition) is 2. The molecule has 2 atom stereocenters. The maximum Gasteiger partial charge on any atom is 0.00791 e. The van der Waals surface area contributed by atoms with Crippen molar-refractivity contribution in [1.82, 2.24) is 10.2 Å². The number of hydrogen-bond donors (Lipinski definition) is 1. The lowest BCUT2D eigenvalue weighted by molar-refractivity contribution is 0.132. The van der Waals surface area contributed by atoms with Crippen molar-refractivity contribution in [3.63, 3.8) is 0 Å². The minimum Gasteiger partial charge on any atom is -0.316 e. The molecule has 1 saturated heterocycles. The van der Waals surface area contributed by atoms with Gasteiger partial charge in [0.1, 0.15) is 0 Å². The molecule has 96 valence electrons. The van der Waals surface area contributed by atoms with E-state index in [4.69, 9.17) is 0 Å². The van der Waals surface area contributed by atoms with Gasteiger partial charge in [-0.3, -0.25) is 0 Å².